The van der Waals surface area contributed by atoms with Crippen molar-refractivity contribution in [2.24, 2.45) is 0 Å². The first-order chi connectivity index (χ1) is 13.7. The van der Waals surface area contributed by atoms with Gasteiger partial charge in [-0.25, -0.2) is 9.59 Å². The van der Waals surface area contributed by atoms with Crippen molar-refractivity contribution < 1.29 is 19.1 Å². The summed E-state index contributed by atoms with van der Waals surface area (Å²) in [5.41, 5.74) is 0.833. The van der Waals surface area contributed by atoms with Crippen LogP contribution in [0.1, 0.15) is 79.0 Å². The molecule has 0 heterocycles. The van der Waals surface area contributed by atoms with Crippen LogP contribution in [0.25, 0.3) is 0 Å². The van der Waals surface area contributed by atoms with Crippen LogP contribution < -0.4 is 4.74 Å². The number of unbranched alkanes of at least 4 members (excludes halogenated alkanes) is 7. The number of carbonyl (C=O) groups is 2. The molecule has 0 aliphatic carbocycles. The Morgan fingerprint density at radius 2 is 1.21 bits per heavy atom. The van der Waals surface area contributed by atoms with E-state index in [0.29, 0.717) is 23.5 Å². The first-order valence-corrected chi connectivity index (χ1v) is 10.2. The van der Waals surface area contributed by atoms with Crippen LogP contribution in [-0.2, 0) is 4.74 Å². The minimum atomic E-state index is -0.454. The molecule has 0 aromatic heterocycles. The van der Waals surface area contributed by atoms with E-state index in [2.05, 4.69) is 6.92 Å². The average molecular weight is 383 g/mol. The number of esters is 2. The van der Waals surface area contributed by atoms with Crippen molar-refractivity contribution in [3.05, 3.63) is 65.7 Å². The summed E-state index contributed by atoms with van der Waals surface area (Å²) in [6, 6.07) is 15.2. The molecule has 2 rings (SSSR count). The van der Waals surface area contributed by atoms with Crippen molar-refractivity contribution in [2.75, 3.05) is 6.61 Å². The zero-order valence-corrected chi connectivity index (χ0v) is 16.7. The van der Waals surface area contributed by atoms with Gasteiger partial charge in [0, 0.05) is 0 Å². The first-order valence-electron chi connectivity index (χ1n) is 10.2. The summed E-state index contributed by atoms with van der Waals surface area (Å²) < 4.78 is 10.6. The second-order valence-electron chi connectivity index (χ2n) is 6.89. The van der Waals surface area contributed by atoms with E-state index < -0.39 is 5.97 Å². The smallest absolute Gasteiger partial charge is 0.343 e. The summed E-state index contributed by atoms with van der Waals surface area (Å²) in [7, 11) is 0. The molecule has 0 amide bonds. The Bertz CT molecular complexity index is 707. The predicted octanol–water partition coefficient (Wildman–Crippen LogP) is 6.20. The average Bonchev–Trinajstić information content (AvgIpc) is 2.73. The first kappa shape index (κ1) is 21.7. The van der Waals surface area contributed by atoms with Gasteiger partial charge in [-0.2, -0.15) is 0 Å². The van der Waals surface area contributed by atoms with Crippen molar-refractivity contribution in [1.29, 1.82) is 0 Å². The van der Waals surface area contributed by atoms with Crippen molar-refractivity contribution in [3.8, 4) is 5.75 Å². The van der Waals surface area contributed by atoms with Gasteiger partial charge in [-0.3, -0.25) is 0 Å². The molecule has 150 valence electrons. The lowest BCUT2D eigenvalue weighted by atomic mass is 10.1. The van der Waals surface area contributed by atoms with E-state index in [4.69, 9.17) is 9.47 Å². The standard InChI is InChI=1S/C24H30O4/c1-2-3-4-5-6-7-8-12-19-27-23(25)20-15-17-21(18-16-20)24(26)28-22-13-10-9-11-14-22/h9-11,13-18H,2-8,12,19H2,1H3. The lowest BCUT2D eigenvalue weighted by Gasteiger charge is -2.07. The summed E-state index contributed by atoms with van der Waals surface area (Å²) in [6.07, 6.45) is 9.64. The Morgan fingerprint density at radius 3 is 1.82 bits per heavy atom. The minimum Gasteiger partial charge on any atom is -0.462 e. The predicted molar refractivity (Wildman–Crippen MR) is 111 cm³/mol. The summed E-state index contributed by atoms with van der Waals surface area (Å²) in [6.45, 7) is 2.66. The van der Waals surface area contributed by atoms with E-state index >= 15 is 0 Å². The molecule has 2 aromatic carbocycles. The van der Waals surface area contributed by atoms with Gasteiger partial charge >= 0.3 is 11.9 Å². The fourth-order valence-electron chi connectivity index (χ4n) is 2.88. The SMILES string of the molecule is CCCCCCCCCCOC(=O)c1ccc(C(=O)Oc2ccccc2)cc1. The molecule has 0 N–H and O–H groups in total. The lowest BCUT2D eigenvalue weighted by Crippen LogP contribution is -2.10. The van der Waals surface area contributed by atoms with Crippen LogP contribution in [0, 0.1) is 0 Å². The highest BCUT2D eigenvalue weighted by molar-refractivity contribution is 5.94. The topological polar surface area (TPSA) is 52.6 Å². The van der Waals surface area contributed by atoms with Crippen molar-refractivity contribution in [2.45, 2.75) is 58.3 Å². The van der Waals surface area contributed by atoms with Gasteiger partial charge in [0.1, 0.15) is 5.75 Å². The molecule has 0 fully saturated rings. The number of para-hydroxylation sites is 1. The summed E-state index contributed by atoms with van der Waals surface area (Å²) in [5.74, 6) is -0.322. The van der Waals surface area contributed by atoms with Crippen molar-refractivity contribution >= 4 is 11.9 Å². The highest BCUT2D eigenvalue weighted by Gasteiger charge is 2.11. The van der Waals surface area contributed by atoms with Gasteiger partial charge < -0.3 is 9.47 Å². The normalized spacial score (nSPS) is 10.5. The Morgan fingerprint density at radius 1 is 0.679 bits per heavy atom. The maximum atomic E-state index is 12.1. The van der Waals surface area contributed by atoms with E-state index in [1.165, 1.54) is 38.5 Å². The van der Waals surface area contributed by atoms with Crippen molar-refractivity contribution in [3.63, 3.8) is 0 Å². The van der Waals surface area contributed by atoms with Gasteiger partial charge in [0.15, 0.2) is 0 Å². The number of carbonyl (C=O) groups excluding carboxylic acids is 2. The highest BCUT2D eigenvalue weighted by Crippen LogP contribution is 2.13. The molecule has 28 heavy (non-hydrogen) atoms. The molecule has 0 unspecified atom stereocenters. The maximum Gasteiger partial charge on any atom is 0.343 e. The maximum absolute atomic E-state index is 12.1. The molecule has 0 radical (unpaired) electrons. The van der Waals surface area contributed by atoms with Gasteiger partial charge in [0.05, 0.1) is 17.7 Å². The van der Waals surface area contributed by atoms with Crippen LogP contribution in [0.2, 0.25) is 0 Å². The largest absolute Gasteiger partial charge is 0.462 e. The fourth-order valence-corrected chi connectivity index (χ4v) is 2.88. The number of hydrogen-bond donors (Lipinski definition) is 0. The van der Waals surface area contributed by atoms with Crippen LogP contribution in [0.5, 0.6) is 5.75 Å². The zero-order chi connectivity index (χ0) is 20.0. The fraction of sp³-hybridized carbons (Fsp3) is 0.417. The van der Waals surface area contributed by atoms with Crippen LogP contribution >= 0.6 is 0 Å². The molecule has 0 aliphatic rings. The summed E-state index contributed by atoms with van der Waals surface area (Å²) in [5, 5.41) is 0. The molecule has 0 atom stereocenters. The minimum absolute atomic E-state index is 0.356. The summed E-state index contributed by atoms with van der Waals surface area (Å²) >= 11 is 0. The number of benzene rings is 2. The van der Waals surface area contributed by atoms with Gasteiger partial charge in [-0.1, -0.05) is 70.1 Å². The Labute approximate surface area is 167 Å². The van der Waals surface area contributed by atoms with E-state index in [1.807, 2.05) is 6.07 Å². The Balaban J connectivity index is 1.66. The van der Waals surface area contributed by atoms with Gasteiger partial charge in [0.25, 0.3) is 0 Å². The van der Waals surface area contributed by atoms with Crippen molar-refractivity contribution in [1.82, 2.24) is 0 Å². The van der Waals surface area contributed by atoms with E-state index in [-0.39, 0.29) is 5.97 Å². The lowest BCUT2D eigenvalue weighted by molar-refractivity contribution is 0.0497. The molecular formula is C24H30O4. The van der Waals surface area contributed by atoms with E-state index in [1.54, 1.807) is 48.5 Å². The summed E-state index contributed by atoms with van der Waals surface area (Å²) in [4.78, 5) is 24.2. The monoisotopic (exact) mass is 382 g/mol. The molecule has 4 heteroatoms. The third kappa shape index (κ3) is 7.95. The second kappa shape index (κ2) is 12.7. The molecule has 0 spiro atoms. The van der Waals surface area contributed by atoms with Gasteiger partial charge in [0.2, 0.25) is 0 Å². The quantitative estimate of drug-likeness (QED) is 0.249. The molecule has 0 aliphatic heterocycles. The van der Waals surface area contributed by atoms with Gasteiger partial charge in [-0.05, 0) is 42.8 Å². The van der Waals surface area contributed by atoms with Crippen LogP contribution in [0.3, 0.4) is 0 Å². The van der Waals surface area contributed by atoms with Gasteiger partial charge in [-0.15, -0.1) is 0 Å². The molecular weight excluding hydrogens is 352 g/mol. The third-order valence-corrected chi connectivity index (χ3v) is 4.54. The highest BCUT2D eigenvalue weighted by atomic mass is 16.5. The second-order valence-corrected chi connectivity index (χ2v) is 6.89. The van der Waals surface area contributed by atoms with Crippen LogP contribution in [0.4, 0.5) is 0 Å². The molecule has 0 bridgehead atoms. The van der Waals surface area contributed by atoms with Crippen LogP contribution in [-0.4, -0.2) is 18.5 Å². The molecule has 0 saturated heterocycles. The van der Waals surface area contributed by atoms with E-state index in [0.717, 1.165) is 12.8 Å². The molecule has 2 aromatic rings. The number of hydrogen-bond acceptors (Lipinski definition) is 4. The Hall–Kier alpha value is -2.62. The van der Waals surface area contributed by atoms with E-state index in [9.17, 15) is 9.59 Å². The third-order valence-electron chi connectivity index (χ3n) is 4.54. The zero-order valence-electron chi connectivity index (χ0n) is 16.7. The molecule has 0 saturated carbocycles. The Kier molecular flexibility index (Phi) is 9.84. The van der Waals surface area contributed by atoms with Crippen LogP contribution in [0.15, 0.2) is 54.6 Å². The number of rotatable bonds is 12. The molecule has 4 nitrogen and oxygen atoms in total. The number of ether oxygens (including phenoxy) is 2.